The van der Waals surface area contributed by atoms with Gasteiger partial charge in [-0.05, 0) is 24.3 Å². The number of nitrogens with one attached hydrogen (secondary N) is 1. The lowest BCUT2D eigenvalue weighted by atomic mass is 10.1. The van der Waals surface area contributed by atoms with Crippen LogP contribution in [-0.4, -0.2) is 32.0 Å². The van der Waals surface area contributed by atoms with Crippen LogP contribution in [0.1, 0.15) is 18.2 Å². The third-order valence-corrected chi connectivity index (χ3v) is 4.65. The molecule has 106 valence electrons. The number of hydrogen-bond donors (Lipinski definition) is 1. The van der Waals surface area contributed by atoms with Crippen LogP contribution in [-0.2, 0) is 14.7 Å². The molecule has 0 bridgehead atoms. The maximum atomic E-state index is 11.8. The number of H-pyrrole nitrogens is 1. The molecule has 0 aliphatic carbocycles. The van der Waals surface area contributed by atoms with E-state index in [1.54, 1.807) is 37.4 Å². The fourth-order valence-electron chi connectivity index (χ4n) is 1.81. The topological polar surface area (TPSA) is 71.5 Å². The molecule has 6 heteroatoms. The molecule has 5 nitrogen and oxygen atoms in total. The Morgan fingerprint density at radius 1 is 1.25 bits per heavy atom. The van der Waals surface area contributed by atoms with Crippen molar-refractivity contribution < 1.29 is 13.3 Å². The first-order chi connectivity index (χ1) is 9.58. The Kier molecular flexibility index (Phi) is 4.24. The highest BCUT2D eigenvalue weighted by atomic mass is 32.2. The van der Waals surface area contributed by atoms with Gasteiger partial charge in [0.25, 0.3) is 0 Å². The van der Waals surface area contributed by atoms with Crippen molar-refractivity contribution in [3.63, 3.8) is 0 Å². The number of oxime groups is 1. The largest absolute Gasteiger partial charge is 0.399 e. The summed E-state index contributed by atoms with van der Waals surface area (Å²) in [7, 11) is -1.71. The van der Waals surface area contributed by atoms with Gasteiger partial charge < -0.3 is 9.82 Å². The summed E-state index contributed by atoms with van der Waals surface area (Å²) in [6.07, 6.45) is 1.79. The standard InChI is InChI=1S/C14H16N2O3S/c1-3-20(17,18)12-8-6-11(7-9-12)14(16-19-2)13-5-4-10-15-13/h4-10,15H,3H2,1-2H3/b16-14-. The predicted molar refractivity (Wildman–Crippen MR) is 77.6 cm³/mol. The molecule has 0 aliphatic rings. The van der Waals surface area contributed by atoms with Crippen LogP contribution in [0.15, 0.2) is 52.6 Å². The highest BCUT2D eigenvalue weighted by Gasteiger charge is 2.13. The molecule has 0 saturated heterocycles. The Labute approximate surface area is 118 Å². The summed E-state index contributed by atoms with van der Waals surface area (Å²) in [4.78, 5) is 8.21. The maximum Gasteiger partial charge on any atom is 0.178 e. The van der Waals surface area contributed by atoms with E-state index in [9.17, 15) is 8.42 Å². The van der Waals surface area contributed by atoms with Crippen LogP contribution in [0.4, 0.5) is 0 Å². The molecule has 0 fully saturated rings. The van der Waals surface area contributed by atoms with Gasteiger partial charge in [-0.3, -0.25) is 0 Å². The van der Waals surface area contributed by atoms with E-state index >= 15 is 0 Å². The lowest BCUT2D eigenvalue weighted by Crippen LogP contribution is -2.07. The van der Waals surface area contributed by atoms with Crippen molar-refractivity contribution in [1.82, 2.24) is 4.98 Å². The smallest absolute Gasteiger partial charge is 0.178 e. The number of aromatic amines is 1. The zero-order valence-corrected chi connectivity index (χ0v) is 12.1. The van der Waals surface area contributed by atoms with Crippen LogP contribution in [0.5, 0.6) is 0 Å². The van der Waals surface area contributed by atoms with Crippen molar-refractivity contribution in [2.45, 2.75) is 11.8 Å². The number of hydrogen-bond acceptors (Lipinski definition) is 4. The average molecular weight is 292 g/mol. The zero-order chi connectivity index (χ0) is 14.6. The first-order valence-electron chi connectivity index (χ1n) is 6.16. The number of rotatable bonds is 5. The summed E-state index contributed by atoms with van der Waals surface area (Å²) in [5, 5.41) is 3.98. The molecule has 0 unspecified atom stereocenters. The molecule has 0 saturated carbocycles. The molecule has 20 heavy (non-hydrogen) atoms. The van der Waals surface area contributed by atoms with Crippen LogP contribution < -0.4 is 0 Å². The van der Waals surface area contributed by atoms with Gasteiger partial charge in [0.1, 0.15) is 12.8 Å². The minimum Gasteiger partial charge on any atom is -0.399 e. The van der Waals surface area contributed by atoms with E-state index in [4.69, 9.17) is 4.84 Å². The van der Waals surface area contributed by atoms with Crippen LogP contribution >= 0.6 is 0 Å². The Balaban J connectivity index is 2.40. The van der Waals surface area contributed by atoms with Crippen molar-refractivity contribution in [1.29, 1.82) is 0 Å². The molecule has 0 aliphatic heterocycles. The molecule has 1 N–H and O–H groups in total. The van der Waals surface area contributed by atoms with Crippen LogP contribution in [0, 0.1) is 0 Å². The van der Waals surface area contributed by atoms with E-state index < -0.39 is 9.84 Å². The summed E-state index contributed by atoms with van der Waals surface area (Å²) in [6.45, 7) is 1.62. The minimum absolute atomic E-state index is 0.0853. The number of aromatic nitrogens is 1. The van der Waals surface area contributed by atoms with Crippen molar-refractivity contribution >= 4 is 15.5 Å². The first-order valence-corrected chi connectivity index (χ1v) is 7.82. The number of sulfone groups is 1. The zero-order valence-electron chi connectivity index (χ0n) is 11.3. The molecular weight excluding hydrogens is 276 g/mol. The highest BCUT2D eigenvalue weighted by molar-refractivity contribution is 7.91. The summed E-state index contributed by atoms with van der Waals surface area (Å²) >= 11 is 0. The van der Waals surface area contributed by atoms with E-state index in [1.807, 2.05) is 12.1 Å². The van der Waals surface area contributed by atoms with E-state index in [0.29, 0.717) is 10.6 Å². The average Bonchev–Trinajstić information content (AvgIpc) is 2.99. The minimum atomic E-state index is -3.19. The Morgan fingerprint density at radius 2 is 1.95 bits per heavy atom. The van der Waals surface area contributed by atoms with Gasteiger partial charge in [0.05, 0.1) is 16.3 Å². The fourth-order valence-corrected chi connectivity index (χ4v) is 2.70. The van der Waals surface area contributed by atoms with Gasteiger partial charge in [0.2, 0.25) is 0 Å². The van der Waals surface area contributed by atoms with E-state index in [1.165, 1.54) is 7.11 Å². The quantitative estimate of drug-likeness (QED) is 0.678. The van der Waals surface area contributed by atoms with Crippen molar-refractivity contribution in [3.05, 3.63) is 53.9 Å². The molecule has 0 atom stereocenters. The Hall–Kier alpha value is -2.08. The molecule has 0 amide bonds. The van der Waals surface area contributed by atoms with Crippen molar-refractivity contribution in [2.75, 3.05) is 12.9 Å². The Morgan fingerprint density at radius 3 is 2.45 bits per heavy atom. The summed E-state index contributed by atoms with van der Waals surface area (Å²) in [5.41, 5.74) is 2.21. The van der Waals surface area contributed by atoms with Crippen LogP contribution in [0.2, 0.25) is 0 Å². The third kappa shape index (κ3) is 2.91. The van der Waals surface area contributed by atoms with Gasteiger partial charge in [-0.2, -0.15) is 0 Å². The molecular formula is C14H16N2O3S. The molecule has 1 aromatic heterocycles. The molecule has 2 aromatic rings. The summed E-state index contributed by atoms with van der Waals surface area (Å²) < 4.78 is 23.6. The predicted octanol–water partition coefficient (Wildman–Crippen LogP) is 2.21. The lowest BCUT2D eigenvalue weighted by molar-refractivity contribution is 0.214. The molecule has 0 radical (unpaired) electrons. The molecule has 2 rings (SSSR count). The van der Waals surface area contributed by atoms with Gasteiger partial charge in [0.15, 0.2) is 9.84 Å². The van der Waals surface area contributed by atoms with Crippen LogP contribution in [0.3, 0.4) is 0 Å². The Bertz CT molecular complexity index is 687. The monoisotopic (exact) mass is 292 g/mol. The van der Waals surface area contributed by atoms with Crippen molar-refractivity contribution in [2.24, 2.45) is 5.16 Å². The van der Waals surface area contributed by atoms with Gasteiger partial charge in [0, 0.05) is 11.8 Å². The van der Waals surface area contributed by atoms with Crippen LogP contribution in [0.25, 0.3) is 0 Å². The maximum absolute atomic E-state index is 11.8. The second kappa shape index (κ2) is 5.92. The highest BCUT2D eigenvalue weighted by Crippen LogP contribution is 2.15. The third-order valence-electron chi connectivity index (χ3n) is 2.90. The second-order valence-electron chi connectivity index (χ2n) is 4.13. The lowest BCUT2D eigenvalue weighted by Gasteiger charge is -2.06. The SMILES string of the molecule is CCS(=O)(=O)c1ccc(/C(=N/OC)c2ccc[nH]2)cc1. The number of nitrogens with zero attached hydrogens (tertiary/aromatic N) is 1. The molecule has 1 aromatic carbocycles. The van der Waals surface area contributed by atoms with Crippen molar-refractivity contribution in [3.8, 4) is 0 Å². The van der Waals surface area contributed by atoms with E-state index in [0.717, 1.165) is 11.3 Å². The fraction of sp³-hybridized carbons (Fsp3) is 0.214. The van der Waals surface area contributed by atoms with Gasteiger partial charge in [-0.1, -0.05) is 24.2 Å². The van der Waals surface area contributed by atoms with E-state index in [2.05, 4.69) is 10.1 Å². The first kappa shape index (κ1) is 14.3. The van der Waals surface area contributed by atoms with Gasteiger partial charge in [-0.15, -0.1) is 0 Å². The normalized spacial score (nSPS) is 12.4. The number of benzene rings is 1. The van der Waals surface area contributed by atoms with E-state index in [-0.39, 0.29) is 5.75 Å². The van der Waals surface area contributed by atoms with Gasteiger partial charge in [-0.25, -0.2) is 8.42 Å². The molecule has 1 heterocycles. The molecule has 0 spiro atoms. The summed E-state index contributed by atoms with van der Waals surface area (Å²) in [6, 6.07) is 10.3. The second-order valence-corrected chi connectivity index (χ2v) is 6.41. The summed E-state index contributed by atoms with van der Waals surface area (Å²) in [5.74, 6) is 0.0853. The van der Waals surface area contributed by atoms with Gasteiger partial charge >= 0.3 is 0 Å².